The zero-order valence-electron chi connectivity index (χ0n) is 11.5. The largest absolute Gasteiger partial charge is 0.399 e. The van der Waals surface area contributed by atoms with E-state index in [2.05, 4.69) is 0 Å². The SMILES string of the molecule is Cc1cccc(CS(=O)(=O)CCc2ccc(N)cc2)c1. The first-order chi connectivity index (χ1) is 9.44. The van der Waals surface area contributed by atoms with E-state index in [1.54, 1.807) is 12.1 Å². The Hall–Kier alpha value is -1.81. The van der Waals surface area contributed by atoms with Crippen LogP contribution in [0.25, 0.3) is 0 Å². The smallest absolute Gasteiger partial charge is 0.154 e. The lowest BCUT2D eigenvalue weighted by molar-refractivity contribution is 0.594. The Labute approximate surface area is 120 Å². The van der Waals surface area contributed by atoms with E-state index in [0.29, 0.717) is 12.1 Å². The molecule has 0 aliphatic rings. The van der Waals surface area contributed by atoms with Crippen molar-refractivity contribution < 1.29 is 8.42 Å². The van der Waals surface area contributed by atoms with E-state index in [1.807, 2.05) is 43.3 Å². The summed E-state index contributed by atoms with van der Waals surface area (Å²) in [7, 11) is -3.09. The third-order valence-electron chi connectivity index (χ3n) is 3.15. The summed E-state index contributed by atoms with van der Waals surface area (Å²) in [5.74, 6) is 0.258. The molecule has 0 atom stereocenters. The number of sulfone groups is 1. The molecule has 0 heterocycles. The van der Waals surface area contributed by atoms with E-state index in [4.69, 9.17) is 5.73 Å². The Bertz CT molecular complexity index is 676. The predicted molar refractivity (Wildman–Crippen MR) is 83.2 cm³/mol. The number of rotatable bonds is 5. The van der Waals surface area contributed by atoms with Gasteiger partial charge in [0.15, 0.2) is 9.84 Å². The van der Waals surface area contributed by atoms with E-state index in [9.17, 15) is 8.42 Å². The molecule has 20 heavy (non-hydrogen) atoms. The standard InChI is InChI=1S/C16H19NO2S/c1-13-3-2-4-15(11-13)12-20(18,19)10-9-14-5-7-16(17)8-6-14/h2-8,11H,9-10,12,17H2,1H3. The van der Waals surface area contributed by atoms with Crippen LogP contribution < -0.4 is 5.73 Å². The maximum Gasteiger partial charge on any atom is 0.154 e. The maximum atomic E-state index is 12.1. The van der Waals surface area contributed by atoms with Crippen LogP contribution in [0.1, 0.15) is 16.7 Å². The van der Waals surface area contributed by atoms with Gasteiger partial charge in [-0.25, -0.2) is 8.42 Å². The maximum absolute atomic E-state index is 12.1. The lowest BCUT2D eigenvalue weighted by atomic mass is 10.1. The topological polar surface area (TPSA) is 60.2 Å². The highest BCUT2D eigenvalue weighted by Crippen LogP contribution is 2.12. The van der Waals surface area contributed by atoms with Gasteiger partial charge in [-0.3, -0.25) is 0 Å². The van der Waals surface area contributed by atoms with Crippen molar-refractivity contribution in [3.05, 3.63) is 65.2 Å². The molecule has 0 amide bonds. The Kier molecular flexibility index (Phi) is 4.45. The van der Waals surface area contributed by atoms with Crippen LogP contribution in [0.15, 0.2) is 48.5 Å². The molecule has 0 saturated heterocycles. The molecule has 0 aliphatic heterocycles. The van der Waals surface area contributed by atoms with Gasteiger partial charge in [0.25, 0.3) is 0 Å². The quantitative estimate of drug-likeness (QED) is 0.861. The van der Waals surface area contributed by atoms with E-state index >= 15 is 0 Å². The van der Waals surface area contributed by atoms with Gasteiger partial charge in [-0.15, -0.1) is 0 Å². The number of hydrogen-bond donors (Lipinski definition) is 1. The molecular weight excluding hydrogens is 270 g/mol. The summed E-state index contributed by atoms with van der Waals surface area (Å²) in [6, 6.07) is 15.0. The predicted octanol–water partition coefficient (Wildman–Crippen LogP) is 2.73. The normalized spacial score (nSPS) is 11.4. The highest BCUT2D eigenvalue weighted by atomic mass is 32.2. The van der Waals surface area contributed by atoms with Crippen molar-refractivity contribution in [2.75, 3.05) is 11.5 Å². The molecular formula is C16H19NO2S. The van der Waals surface area contributed by atoms with Gasteiger partial charge in [0, 0.05) is 5.69 Å². The number of anilines is 1. The van der Waals surface area contributed by atoms with E-state index in [0.717, 1.165) is 16.7 Å². The highest BCUT2D eigenvalue weighted by molar-refractivity contribution is 7.90. The minimum absolute atomic E-state index is 0.101. The summed E-state index contributed by atoms with van der Waals surface area (Å²) in [5, 5.41) is 0. The first-order valence-corrected chi connectivity index (χ1v) is 8.37. The highest BCUT2D eigenvalue weighted by Gasteiger charge is 2.12. The number of nitrogens with two attached hydrogens (primary N) is 1. The Morgan fingerprint density at radius 1 is 1.00 bits per heavy atom. The fraction of sp³-hybridized carbons (Fsp3) is 0.250. The molecule has 0 spiro atoms. The molecule has 2 N–H and O–H groups in total. The van der Waals surface area contributed by atoms with Crippen LogP contribution in [0.2, 0.25) is 0 Å². The van der Waals surface area contributed by atoms with Crippen molar-refractivity contribution in [2.45, 2.75) is 19.1 Å². The second-order valence-corrected chi connectivity index (χ2v) is 7.26. The second kappa shape index (κ2) is 6.09. The summed E-state index contributed by atoms with van der Waals surface area (Å²) in [4.78, 5) is 0. The van der Waals surface area contributed by atoms with Crippen LogP contribution in [0.4, 0.5) is 5.69 Å². The molecule has 2 aromatic rings. The Morgan fingerprint density at radius 3 is 2.35 bits per heavy atom. The molecule has 0 fully saturated rings. The third kappa shape index (κ3) is 4.38. The lowest BCUT2D eigenvalue weighted by Crippen LogP contribution is -2.11. The van der Waals surface area contributed by atoms with Crippen molar-refractivity contribution in [3.63, 3.8) is 0 Å². The summed E-state index contributed by atoms with van der Waals surface area (Å²) >= 11 is 0. The van der Waals surface area contributed by atoms with Gasteiger partial charge in [0.05, 0.1) is 11.5 Å². The van der Waals surface area contributed by atoms with Crippen LogP contribution in [-0.4, -0.2) is 14.2 Å². The zero-order valence-corrected chi connectivity index (χ0v) is 12.4. The molecule has 3 nitrogen and oxygen atoms in total. The molecule has 0 saturated carbocycles. The first kappa shape index (κ1) is 14.6. The van der Waals surface area contributed by atoms with E-state index in [1.165, 1.54) is 0 Å². The first-order valence-electron chi connectivity index (χ1n) is 6.55. The zero-order chi connectivity index (χ0) is 14.6. The van der Waals surface area contributed by atoms with Crippen molar-refractivity contribution in [2.24, 2.45) is 0 Å². The number of benzene rings is 2. The average molecular weight is 289 g/mol. The summed E-state index contributed by atoms with van der Waals surface area (Å²) in [5.41, 5.74) is 9.22. The average Bonchev–Trinajstić information content (AvgIpc) is 2.37. The summed E-state index contributed by atoms with van der Waals surface area (Å²) < 4.78 is 24.3. The number of aryl methyl sites for hydroxylation is 2. The molecule has 0 radical (unpaired) electrons. The van der Waals surface area contributed by atoms with Crippen LogP contribution in [0.5, 0.6) is 0 Å². The van der Waals surface area contributed by atoms with Crippen molar-refractivity contribution in [1.82, 2.24) is 0 Å². The van der Waals surface area contributed by atoms with Gasteiger partial charge in [-0.05, 0) is 36.6 Å². The van der Waals surface area contributed by atoms with Gasteiger partial charge < -0.3 is 5.73 Å². The van der Waals surface area contributed by atoms with E-state index < -0.39 is 9.84 Å². The molecule has 0 aromatic heterocycles. The molecule has 2 rings (SSSR count). The van der Waals surface area contributed by atoms with Gasteiger partial charge in [-0.1, -0.05) is 42.0 Å². The monoisotopic (exact) mass is 289 g/mol. The fourth-order valence-corrected chi connectivity index (χ4v) is 3.46. The van der Waals surface area contributed by atoms with Gasteiger partial charge >= 0.3 is 0 Å². The molecule has 0 bridgehead atoms. The van der Waals surface area contributed by atoms with Crippen molar-refractivity contribution in [3.8, 4) is 0 Å². The molecule has 106 valence electrons. The third-order valence-corrected chi connectivity index (χ3v) is 4.75. The molecule has 0 unspecified atom stereocenters. The van der Waals surface area contributed by atoms with Crippen LogP contribution in [0, 0.1) is 6.92 Å². The lowest BCUT2D eigenvalue weighted by Gasteiger charge is -2.06. The Balaban J connectivity index is 1.99. The van der Waals surface area contributed by atoms with Crippen LogP contribution in [0.3, 0.4) is 0 Å². The van der Waals surface area contributed by atoms with Crippen LogP contribution in [-0.2, 0) is 22.0 Å². The summed E-state index contributed by atoms with van der Waals surface area (Å²) in [6.45, 7) is 1.96. The number of hydrogen-bond acceptors (Lipinski definition) is 3. The van der Waals surface area contributed by atoms with Gasteiger partial charge in [-0.2, -0.15) is 0 Å². The minimum atomic E-state index is -3.09. The Morgan fingerprint density at radius 2 is 1.70 bits per heavy atom. The molecule has 4 heteroatoms. The van der Waals surface area contributed by atoms with Crippen LogP contribution >= 0.6 is 0 Å². The second-order valence-electron chi connectivity index (χ2n) is 5.07. The minimum Gasteiger partial charge on any atom is -0.399 e. The summed E-state index contributed by atoms with van der Waals surface area (Å²) in [6.07, 6.45) is 0.522. The van der Waals surface area contributed by atoms with Gasteiger partial charge in [0.1, 0.15) is 0 Å². The molecule has 0 aliphatic carbocycles. The number of nitrogen functional groups attached to an aromatic ring is 1. The van der Waals surface area contributed by atoms with Crippen molar-refractivity contribution >= 4 is 15.5 Å². The van der Waals surface area contributed by atoms with Gasteiger partial charge in [0.2, 0.25) is 0 Å². The molecule has 2 aromatic carbocycles. The van der Waals surface area contributed by atoms with E-state index in [-0.39, 0.29) is 11.5 Å². The van der Waals surface area contributed by atoms with Crippen molar-refractivity contribution in [1.29, 1.82) is 0 Å². The fourth-order valence-electron chi connectivity index (χ4n) is 2.09.